The summed E-state index contributed by atoms with van der Waals surface area (Å²) in [5.41, 5.74) is 13.0. The molecular formula is C7H12N6OS. The summed E-state index contributed by atoms with van der Waals surface area (Å²) in [5.74, 6) is 5.83. The number of nitrogens with one attached hydrogen (secondary N) is 1. The van der Waals surface area contributed by atoms with Crippen LogP contribution in [0.15, 0.2) is 11.2 Å². The van der Waals surface area contributed by atoms with E-state index in [0.29, 0.717) is 29.0 Å². The summed E-state index contributed by atoms with van der Waals surface area (Å²) in [6, 6.07) is 1.47. The maximum atomic E-state index is 10.8. The molecule has 0 fully saturated rings. The van der Waals surface area contributed by atoms with Crippen LogP contribution in [0.1, 0.15) is 6.42 Å². The number of anilines is 2. The fourth-order valence-electron chi connectivity index (χ4n) is 0.834. The van der Waals surface area contributed by atoms with Gasteiger partial charge in [-0.1, -0.05) is 11.8 Å². The molecule has 0 aliphatic carbocycles. The monoisotopic (exact) mass is 228 g/mol. The lowest BCUT2D eigenvalue weighted by atomic mass is 10.5. The smallest absolute Gasteiger partial charge is 0.234 e. The topological polar surface area (TPSA) is 133 Å². The third-order valence-electron chi connectivity index (χ3n) is 1.47. The van der Waals surface area contributed by atoms with Gasteiger partial charge >= 0.3 is 0 Å². The Kier molecular flexibility index (Phi) is 4.13. The number of carbonyl (C=O) groups is 1. The van der Waals surface area contributed by atoms with Crippen molar-refractivity contribution in [3.8, 4) is 0 Å². The van der Waals surface area contributed by atoms with Gasteiger partial charge in [0.25, 0.3) is 0 Å². The highest BCUT2D eigenvalue weighted by atomic mass is 32.2. The van der Waals surface area contributed by atoms with Gasteiger partial charge in [0.15, 0.2) is 5.16 Å². The first-order chi connectivity index (χ1) is 7.11. The number of rotatable bonds is 4. The molecule has 0 saturated heterocycles. The van der Waals surface area contributed by atoms with Gasteiger partial charge < -0.3 is 11.5 Å². The largest absolute Gasteiger partial charge is 0.383 e. The zero-order chi connectivity index (χ0) is 11.3. The third kappa shape index (κ3) is 4.00. The number of hydrogen-bond acceptors (Lipinski definition) is 7. The first-order valence-corrected chi connectivity index (χ1v) is 5.12. The van der Waals surface area contributed by atoms with Crippen molar-refractivity contribution in [2.75, 3.05) is 17.2 Å². The summed E-state index contributed by atoms with van der Waals surface area (Å²) >= 11 is 1.29. The summed E-state index contributed by atoms with van der Waals surface area (Å²) in [5, 5.41) is 0.456. The van der Waals surface area contributed by atoms with Gasteiger partial charge in [-0.15, -0.1) is 0 Å². The van der Waals surface area contributed by atoms with E-state index in [1.807, 2.05) is 5.43 Å². The number of nitrogens with zero attached hydrogens (tertiary/aromatic N) is 2. The minimum atomic E-state index is -0.237. The summed E-state index contributed by atoms with van der Waals surface area (Å²) < 4.78 is 0. The number of hydrazine groups is 1. The van der Waals surface area contributed by atoms with Crippen molar-refractivity contribution in [1.82, 2.24) is 15.4 Å². The van der Waals surface area contributed by atoms with Crippen LogP contribution in [0.3, 0.4) is 0 Å². The van der Waals surface area contributed by atoms with E-state index in [1.165, 1.54) is 17.8 Å². The molecule has 0 aliphatic heterocycles. The van der Waals surface area contributed by atoms with Gasteiger partial charge in [-0.25, -0.2) is 15.8 Å². The predicted octanol–water partition coefficient (Wildman–Crippen LogP) is -0.887. The van der Waals surface area contributed by atoms with Gasteiger partial charge in [-0.2, -0.15) is 0 Å². The van der Waals surface area contributed by atoms with Crippen molar-refractivity contribution >= 4 is 29.3 Å². The summed E-state index contributed by atoms with van der Waals surface area (Å²) in [6.07, 6.45) is 0.291. The van der Waals surface area contributed by atoms with Crippen LogP contribution in [0.5, 0.6) is 0 Å². The lowest BCUT2D eigenvalue weighted by molar-refractivity contribution is -0.120. The molecule has 0 unspecified atom stereocenters. The molecule has 1 amide bonds. The van der Waals surface area contributed by atoms with Crippen LogP contribution in [0.2, 0.25) is 0 Å². The lowest BCUT2D eigenvalue weighted by Crippen LogP contribution is -2.30. The van der Waals surface area contributed by atoms with Crippen molar-refractivity contribution in [1.29, 1.82) is 0 Å². The van der Waals surface area contributed by atoms with Crippen molar-refractivity contribution in [3.05, 3.63) is 6.07 Å². The van der Waals surface area contributed by atoms with Gasteiger partial charge in [0.1, 0.15) is 11.6 Å². The Hall–Kier alpha value is -1.54. The Morgan fingerprint density at radius 2 is 2.00 bits per heavy atom. The number of thioether (sulfide) groups is 1. The lowest BCUT2D eigenvalue weighted by Gasteiger charge is -2.01. The number of hydrogen-bond donors (Lipinski definition) is 4. The molecule has 0 aliphatic rings. The number of amides is 1. The Morgan fingerprint density at radius 3 is 2.53 bits per heavy atom. The first kappa shape index (κ1) is 11.5. The van der Waals surface area contributed by atoms with Gasteiger partial charge in [-0.3, -0.25) is 10.2 Å². The third-order valence-corrected chi connectivity index (χ3v) is 2.32. The molecule has 1 rings (SSSR count). The van der Waals surface area contributed by atoms with Crippen molar-refractivity contribution in [2.45, 2.75) is 11.6 Å². The first-order valence-electron chi connectivity index (χ1n) is 4.14. The maximum absolute atomic E-state index is 10.8. The fourth-order valence-corrected chi connectivity index (χ4v) is 1.64. The zero-order valence-electron chi connectivity index (χ0n) is 7.93. The molecule has 82 valence electrons. The van der Waals surface area contributed by atoms with E-state index in [1.54, 1.807) is 0 Å². The molecule has 1 heterocycles. The second kappa shape index (κ2) is 5.37. The Bertz CT molecular complexity index is 337. The second-order valence-corrected chi connectivity index (χ2v) is 3.73. The molecule has 0 spiro atoms. The van der Waals surface area contributed by atoms with Crippen LogP contribution in [0.25, 0.3) is 0 Å². The molecule has 8 heteroatoms. The van der Waals surface area contributed by atoms with Gasteiger partial charge in [0.05, 0.1) is 0 Å². The van der Waals surface area contributed by atoms with Crippen LogP contribution in [-0.2, 0) is 4.79 Å². The van der Waals surface area contributed by atoms with E-state index in [4.69, 9.17) is 17.3 Å². The Morgan fingerprint density at radius 1 is 1.40 bits per heavy atom. The molecule has 7 N–H and O–H groups in total. The van der Waals surface area contributed by atoms with E-state index in [2.05, 4.69) is 9.97 Å². The van der Waals surface area contributed by atoms with Crippen LogP contribution in [0, 0.1) is 0 Å². The predicted molar refractivity (Wildman–Crippen MR) is 58.5 cm³/mol. The molecule has 0 bridgehead atoms. The highest BCUT2D eigenvalue weighted by Crippen LogP contribution is 2.16. The van der Waals surface area contributed by atoms with Crippen molar-refractivity contribution in [2.24, 2.45) is 5.84 Å². The van der Waals surface area contributed by atoms with E-state index >= 15 is 0 Å². The van der Waals surface area contributed by atoms with E-state index < -0.39 is 0 Å². The average Bonchev–Trinajstić information content (AvgIpc) is 2.16. The number of nitrogens with two attached hydrogens (primary N) is 3. The van der Waals surface area contributed by atoms with Crippen molar-refractivity contribution in [3.63, 3.8) is 0 Å². The number of aromatic nitrogens is 2. The van der Waals surface area contributed by atoms with Crippen LogP contribution in [0.4, 0.5) is 11.6 Å². The molecule has 1 aromatic heterocycles. The standard InChI is InChI=1S/C7H12N6OS/c8-4-3-5(9)12-7(11-4)15-2-1-6(14)13-10/h3H,1-2,10H2,(H,13,14)(H4,8,9,11,12). The summed E-state index contributed by atoms with van der Waals surface area (Å²) in [4.78, 5) is 18.7. The molecule has 15 heavy (non-hydrogen) atoms. The second-order valence-electron chi connectivity index (χ2n) is 2.67. The number of nitrogen functional groups attached to an aromatic ring is 2. The van der Waals surface area contributed by atoms with E-state index in [9.17, 15) is 4.79 Å². The highest BCUT2D eigenvalue weighted by Gasteiger charge is 2.03. The molecule has 1 aromatic rings. The van der Waals surface area contributed by atoms with Crippen LogP contribution in [-0.4, -0.2) is 21.6 Å². The van der Waals surface area contributed by atoms with E-state index in [-0.39, 0.29) is 5.91 Å². The SMILES string of the molecule is NNC(=O)CCSc1nc(N)cc(N)n1. The Balaban J connectivity index is 2.47. The number of carbonyl (C=O) groups excluding carboxylic acids is 1. The molecular weight excluding hydrogens is 216 g/mol. The zero-order valence-corrected chi connectivity index (χ0v) is 8.75. The quantitative estimate of drug-likeness (QED) is 0.173. The Labute approximate surface area is 90.8 Å². The fraction of sp³-hybridized carbons (Fsp3) is 0.286. The van der Waals surface area contributed by atoms with Crippen LogP contribution < -0.4 is 22.7 Å². The van der Waals surface area contributed by atoms with Gasteiger partial charge in [0, 0.05) is 18.2 Å². The van der Waals surface area contributed by atoms with Crippen LogP contribution >= 0.6 is 11.8 Å². The van der Waals surface area contributed by atoms with Gasteiger partial charge in [0.2, 0.25) is 5.91 Å². The average molecular weight is 228 g/mol. The highest BCUT2D eigenvalue weighted by molar-refractivity contribution is 7.99. The molecule has 0 saturated carbocycles. The normalized spacial score (nSPS) is 9.93. The van der Waals surface area contributed by atoms with E-state index in [0.717, 1.165) is 0 Å². The van der Waals surface area contributed by atoms with Gasteiger partial charge in [-0.05, 0) is 0 Å². The minimum Gasteiger partial charge on any atom is -0.383 e. The van der Waals surface area contributed by atoms with Crippen molar-refractivity contribution < 1.29 is 4.79 Å². The molecule has 0 radical (unpaired) electrons. The molecule has 0 aromatic carbocycles. The molecule has 7 nitrogen and oxygen atoms in total. The minimum absolute atomic E-state index is 0.237. The molecule has 0 atom stereocenters. The summed E-state index contributed by atoms with van der Waals surface area (Å²) in [7, 11) is 0. The summed E-state index contributed by atoms with van der Waals surface area (Å²) in [6.45, 7) is 0. The maximum Gasteiger partial charge on any atom is 0.234 e.